The second-order valence-electron chi connectivity index (χ2n) is 3.88. The molecule has 0 rings (SSSR count). The molecule has 0 atom stereocenters. The van der Waals surface area contributed by atoms with E-state index in [1.54, 1.807) is 6.08 Å². The average Bonchev–Trinajstić information content (AvgIpc) is 2.29. The number of hydrogen-bond acceptors (Lipinski definition) is 5. The predicted molar refractivity (Wildman–Crippen MR) is 81.9 cm³/mol. The third kappa shape index (κ3) is 5.57. The molecule has 0 aromatic carbocycles. The molecule has 0 heterocycles. The maximum atomic E-state index is 11.5. The quantitative estimate of drug-likeness (QED) is 0.317. The molecule has 0 amide bonds. The van der Waals surface area contributed by atoms with Gasteiger partial charge in [-0.1, -0.05) is 6.92 Å². The van der Waals surface area contributed by atoms with Gasteiger partial charge in [0.05, 0.1) is 24.5 Å². The van der Waals surface area contributed by atoms with E-state index < -0.39 is 6.49 Å². The number of carbonyl (C=O) groups is 1. The number of aliphatic hydroxyl groups is 1. The molecule has 0 radical (unpaired) electrons. The van der Waals surface area contributed by atoms with Crippen LogP contribution < -0.4 is 0 Å². The first-order valence-corrected chi connectivity index (χ1v) is 8.97. The topological polar surface area (TPSA) is 55.8 Å². The van der Waals surface area contributed by atoms with E-state index in [0.29, 0.717) is 19.6 Å². The van der Waals surface area contributed by atoms with Gasteiger partial charge in [0.15, 0.2) is 5.78 Å². The van der Waals surface area contributed by atoms with Crippen LogP contribution in [0.2, 0.25) is 0 Å². The van der Waals surface area contributed by atoms with Crippen LogP contribution >= 0.6 is 6.49 Å². The highest BCUT2D eigenvalue weighted by Crippen LogP contribution is 2.57. The van der Waals surface area contributed by atoms with Gasteiger partial charge in [-0.15, -0.1) is 0 Å². The first-order chi connectivity index (χ1) is 8.82. The molecule has 0 saturated carbocycles. The molecule has 0 aliphatic carbocycles. The number of aliphatic hydroxyl groups excluding tert-OH is 1. The van der Waals surface area contributed by atoms with Gasteiger partial charge in [0.25, 0.3) is 0 Å². The molecule has 0 unspecified atom stereocenters. The Morgan fingerprint density at radius 3 is 1.95 bits per heavy atom. The van der Waals surface area contributed by atoms with Crippen LogP contribution in [0.5, 0.6) is 0 Å². The molecule has 19 heavy (non-hydrogen) atoms. The fourth-order valence-electron chi connectivity index (χ4n) is 1.55. The zero-order valence-electron chi connectivity index (χ0n) is 12.2. The van der Waals surface area contributed by atoms with Crippen molar-refractivity contribution in [2.24, 2.45) is 0 Å². The van der Waals surface area contributed by atoms with Crippen molar-refractivity contribution >= 4 is 24.1 Å². The minimum Gasteiger partial charge on any atom is -0.512 e. The molecule has 0 aromatic rings. The van der Waals surface area contributed by atoms with Crippen molar-refractivity contribution in [2.45, 2.75) is 41.0 Å². The maximum absolute atomic E-state index is 11.5. The van der Waals surface area contributed by atoms with Crippen LogP contribution in [0.25, 0.3) is 0 Å². The standard InChI is InChI=1S/C13H23O4PS/c1-6-12(9-13(10(4)14)11(5)15)18(19,16-7-2)17-8-3/h9,14H,6-8H2,1-5H3/b12-9+,13-10-. The zero-order valence-corrected chi connectivity index (χ0v) is 13.9. The van der Waals surface area contributed by atoms with Gasteiger partial charge in [-0.3, -0.25) is 4.79 Å². The minimum atomic E-state index is -2.57. The van der Waals surface area contributed by atoms with Crippen LogP contribution in [0.3, 0.4) is 0 Å². The van der Waals surface area contributed by atoms with E-state index in [-0.39, 0.29) is 17.1 Å². The van der Waals surface area contributed by atoms with Gasteiger partial charge in [0.1, 0.15) is 0 Å². The lowest BCUT2D eigenvalue weighted by Gasteiger charge is -2.23. The molecular formula is C13H23O4PS. The van der Waals surface area contributed by atoms with E-state index in [0.717, 1.165) is 5.31 Å². The molecule has 110 valence electrons. The molecule has 0 saturated heterocycles. The first kappa shape index (κ1) is 18.5. The summed E-state index contributed by atoms with van der Waals surface area (Å²) < 4.78 is 11.2. The van der Waals surface area contributed by atoms with Gasteiger partial charge < -0.3 is 14.2 Å². The van der Waals surface area contributed by atoms with E-state index in [1.807, 2.05) is 20.8 Å². The summed E-state index contributed by atoms with van der Waals surface area (Å²) in [7, 11) is 0. The number of rotatable bonds is 8. The van der Waals surface area contributed by atoms with Gasteiger partial charge >= 0.3 is 0 Å². The largest absolute Gasteiger partial charge is 0.512 e. The smallest absolute Gasteiger partial charge is 0.215 e. The van der Waals surface area contributed by atoms with Crippen LogP contribution in [-0.4, -0.2) is 24.1 Å². The number of carbonyl (C=O) groups excluding carboxylic acids is 1. The molecule has 0 aliphatic heterocycles. The normalized spacial score (nSPS) is 14.3. The fraction of sp³-hybridized carbons (Fsp3) is 0.615. The molecule has 0 fully saturated rings. The SMILES string of the molecule is CCOP(=S)(OCC)/C(=C/C(C(C)=O)=C(\C)O)CC. The number of ketones is 1. The van der Waals surface area contributed by atoms with Crippen molar-refractivity contribution in [3.05, 3.63) is 22.7 Å². The number of hydrogen-bond donors (Lipinski definition) is 1. The van der Waals surface area contributed by atoms with Crippen molar-refractivity contribution in [1.29, 1.82) is 0 Å². The molecule has 6 heteroatoms. The lowest BCUT2D eigenvalue weighted by molar-refractivity contribution is -0.113. The summed E-state index contributed by atoms with van der Waals surface area (Å²) in [5.41, 5.74) is 0.255. The number of allylic oxidation sites excluding steroid dienone is 4. The van der Waals surface area contributed by atoms with Crippen molar-refractivity contribution < 1.29 is 18.9 Å². The lowest BCUT2D eigenvalue weighted by atomic mass is 10.1. The predicted octanol–water partition coefficient (Wildman–Crippen LogP) is 4.08. The van der Waals surface area contributed by atoms with Gasteiger partial charge in [-0.25, -0.2) is 0 Å². The van der Waals surface area contributed by atoms with Crippen molar-refractivity contribution in [3.63, 3.8) is 0 Å². The molecule has 0 spiro atoms. The highest BCUT2D eigenvalue weighted by atomic mass is 32.5. The highest BCUT2D eigenvalue weighted by Gasteiger charge is 2.23. The highest BCUT2D eigenvalue weighted by molar-refractivity contribution is 8.11. The van der Waals surface area contributed by atoms with Crippen LogP contribution in [0.1, 0.15) is 41.0 Å². The summed E-state index contributed by atoms with van der Waals surface area (Å²) in [5, 5.41) is 10.3. The minimum absolute atomic E-state index is 0.0204. The van der Waals surface area contributed by atoms with Crippen molar-refractivity contribution in [3.8, 4) is 0 Å². The Hall–Kier alpha value is -0.480. The van der Waals surface area contributed by atoms with Crippen LogP contribution in [0, 0.1) is 0 Å². The monoisotopic (exact) mass is 306 g/mol. The van der Waals surface area contributed by atoms with E-state index in [4.69, 9.17) is 20.9 Å². The van der Waals surface area contributed by atoms with Gasteiger partial charge in [0.2, 0.25) is 6.49 Å². The first-order valence-electron chi connectivity index (χ1n) is 6.33. The zero-order chi connectivity index (χ0) is 15.1. The van der Waals surface area contributed by atoms with Crippen LogP contribution in [-0.2, 0) is 25.6 Å². The second kappa shape index (κ2) is 8.64. The summed E-state index contributed by atoms with van der Waals surface area (Å²) in [6.07, 6.45) is 2.23. The van der Waals surface area contributed by atoms with Crippen LogP contribution in [0.15, 0.2) is 22.7 Å². The summed E-state index contributed by atoms with van der Waals surface area (Å²) in [6.45, 7) is 6.85. The summed E-state index contributed by atoms with van der Waals surface area (Å²) in [5.74, 6) is -0.228. The van der Waals surface area contributed by atoms with Crippen molar-refractivity contribution in [1.82, 2.24) is 0 Å². The van der Waals surface area contributed by atoms with E-state index >= 15 is 0 Å². The summed E-state index contributed by atoms with van der Waals surface area (Å²) >= 11 is 5.50. The lowest BCUT2D eigenvalue weighted by Crippen LogP contribution is -2.02. The average molecular weight is 306 g/mol. The molecule has 1 N–H and O–H groups in total. The Bertz CT molecular complexity index is 412. The number of Topliss-reactive ketones (excluding diaryl/α,β-unsaturated/α-hetero) is 1. The maximum Gasteiger partial charge on any atom is 0.215 e. The fourth-order valence-corrected chi connectivity index (χ4v) is 4.48. The van der Waals surface area contributed by atoms with Gasteiger partial charge in [-0.05, 0) is 52.0 Å². The van der Waals surface area contributed by atoms with E-state index in [2.05, 4.69) is 0 Å². The van der Waals surface area contributed by atoms with Crippen LogP contribution in [0.4, 0.5) is 0 Å². The summed E-state index contributed by atoms with van der Waals surface area (Å²) in [6, 6.07) is 0. The van der Waals surface area contributed by atoms with Gasteiger partial charge in [-0.2, -0.15) is 0 Å². The Balaban J connectivity index is 5.67. The Labute approximate surface area is 120 Å². The Morgan fingerprint density at radius 1 is 1.21 bits per heavy atom. The Morgan fingerprint density at radius 2 is 1.68 bits per heavy atom. The molecule has 0 aromatic heterocycles. The molecule has 4 nitrogen and oxygen atoms in total. The third-order valence-corrected chi connectivity index (χ3v) is 6.07. The van der Waals surface area contributed by atoms with Crippen molar-refractivity contribution in [2.75, 3.05) is 13.2 Å². The van der Waals surface area contributed by atoms with E-state index in [1.165, 1.54) is 13.8 Å². The molecular weight excluding hydrogens is 283 g/mol. The van der Waals surface area contributed by atoms with Gasteiger partial charge in [0, 0.05) is 5.31 Å². The summed E-state index contributed by atoms with van der Waals surface area (Å²) in [4.78, 5) is 11.5. The third-order valence-electron chi connectivity index (χ3n) is 2.39. The molecule has 0 bridgehead atoms. The molecule has 0 aliphatic rings. The van der Waals surface area contributed by atoms with E-state index in [9.17, 15) is 9.90 Å². The second-order valence-corrected chi connectivity index (χ2v) is 7.41. The Kier molecular flexibility index (Phi) is 8.42.